The number of hydrogen-bond acceptors (Lipinski definition) is 3. The molecule has 6 heteroatoms. The van der Waals surface area contributed by atoms with Crippen LogP contribution < -0.4 is 5.32 Å². The summed E-state index contributed by atoms with van der Waals surface area (Å²) in [5.74, 6) is -1.62. The lowest BCUT2D eigenvalue weighted by atomic mass is 9.99. The topological polar surface area (TPSA) is 79.5 Å². The van der Waals surface area contributed by atoms with Gasteiger partial charge in [-0.3, -0.25) is 4.79 Å². The van der Waals surface area contributed by atoms with E-state index < -0.39 is 17.9 Å². The molecular weight excluding hydrogens is 290 g/mol. The van der Waals surface area contributed by atoms with Crippen LogP contribution in [0.25, 0.3) is 0 Å². The van der Waals surface area contributed by atoms with Crippen LogP contribution in [0.15, 0.2) is 21.4 Å². The van der Waals surface area contributed by atoms with E-state index >= 15 is 0 Å². The van der Waals surface area contributed by atoms with Crippen molar-refractivity contribution >= 4 is 27.8 Å². The summed E-state index contributed by atoms with van der Waals surface area (Å²) in [5.41, 5.74) is 0.298. The molecular formula is C11H14BrNO4. The lowest BCUT2D eigenvalue weighted by Crippen LogP contribution is -2.44. The van der Waals surface area contributed by atoms with Crippen LogP contribution >= 0.6 is 15.9 Å². The third-order valence-electron chi connectivity index (χ3n) is 2.60. The van der Waals surface area contributed by atoms with Crippen LogP contribution in [0.2, 0.25) is 0 Å². The zero-order valence-corrected chi connectivity index (χ0v) is 11.2. The molecule has 0 spiro atoms. The number of carbonyl (C=O) groups excluding carboxylic acids is 1. The first kappa shape index (κ1) is 13.8. The molecule has 17 heavy (non-hydrogen) atoms. The summed E-state index contributed by atoms with van der Waals surface area (Å²) in [4.78, 5) is 22.8. The van der Waals surface area contributed by atoms with E-state index in [0.717, 1.165) is 0 Å². The summed E-state index contributed by atoms with van der Waals surface area (Å²) in [6.45, 7) is 3.66. The van der Waals surface area contributed by atoms with Crippen LogP contribution in [0.3, 0.4) is 0 Å². The third-order valence-corrected chi connectivity index (χ3v) is 3.01. The van der Waals surface area contributed by atoms with E-state index in [4.69, 9.17) is 9.52 Å². The monoisotopic (exact) mass is 303 g/mol. The van der Waals surface area contributed by atoms with Gasteiger partial charge in [-0.05, 0) is 21.8 Å². The third kappa shape index (κ3) is 3.59. The summed E-state index contributed by atoms with van der Waals surface area (Å²) in [5, 5.41) is 11.5. The molecule has 0 aliphatic carbocycles. The smallest absolute Gasteiger partial charge is 0.326 e. The van der Waals surface area contributed by atoms with Crippen molar-refractivity contribution in [1.82, 2.24) is 5.32 Å². The summed E-state index contributed by atoms with van der Waals surface area (Å²) in [6, 6.07) is 0.603. The summed E-state index contributed by atoms with van der Waals surface area (Å²) >= 11 is 3.08. The van der Waals surface area contributed by atoms with E-state index in [9.17, 15) is 9.59 Å². The first-order valence-electron chi connectivity index (χ1n) is 5.23. The van der Waals surface area contributed by atoms with Gasteiger partial charge in [-0.2, -0.15) is 0 Å². The highest BCUT2D eigenvalue weighted by Crippen LogP contribution is 2.15. The Balaban J connectivity index is 2.74. The second-order valence-electron chi connectivity index (χ2n) is 3.81. The number of amides is 1. The quantitative estimate of drug-likeness (QED) is 0.874. The molecule has 0 aliphatic heterocycles. The van der Waals surface area contributed by atoms with E-state index in [1.807, 2.05) is 6.92 Å². The van der Waals surface area contributed by atoms with Gasteiger partial charge in [0, 0.05) is 6.07 Å². The predicted molar refractivity (Wildman–Crippen MR) is 64.8 cm³/mol. The molecule has 2 atom stereocenters. The minimum atomic E-state index is -1.03. The molecule has 2 N–H and O–H groups in total. The molecule has 1 aromatic rings. The minimum absolute atomic E-state index is 0.133. The number of carbonyl (C=O) groups is 2. The molecule has 1 rings (SSSR count). The van der Waals surface area contributed by atoms with Crippen LogP contribution in [-0.2, 0) is 4.79 Å². The summed E-state index contributed by atoms with van der Waals surface area (Å²) < 4.78 is 5.35. The van der Waals surface area contributed by atoms with Crippen LogP contribution in [-0.4, -0.2) is 23.0 Å². The Labute approximate surface area is 107 Å². The fraction of sp³-hybridized carbons (Fsp3) is 0.455. The molecule has 0 bridgehead atoms. The molecule has 1 aromatic heterocycles. The van der Waals surface area contributed by atoms with Gasteiger partial charge in [0.1, 0.15) is 12.3 Å². The van der Waals surface area contributed by atoms with Crippen molar-refractivity contribution in [2.75, 3.05) is 0 Å². The fourth-order valence-corrected chi connectivity index (χ4v) is 1.68. The first-order valence-corrected chi connectivity index (χ1v) is 6.02. The molecule has 0 aromatic carbocycles. The van der Waals surface area contributed by atoms with Gasteiger partial charge in [0.05, 0.1) is 5.56 Å². The molecule has 5 nitrogen and oxygen atoms in total. The Morgan fingerprint density at radius 3 is 2.65 bits per heavy atom. The minimum Gasteiger partial charge on any atom is -0.480 e. The molecule has 1 amide bonds. The van der Waals surface area contributed by atoms with Gasteiger partial charge in [0.2, 0.25) is 0 Å². The number of carboxylic acid groups (broad SMARTS) is 1. The van der Waals surface area contributed by atoms with Crippen molar-refractivity contribution in [3.63, 3.8) is 0 Å². The molecule has 94 valence electrons. The highest BCUT2D eigenvalue weighted by Gasteiger charge is 2.26. The molecule has 0 aliphatic rings. The van der Waals surface area contributed by atoms with Gasteiger partial charge in [-0.1, -0.05) is 20.3 Å². The average Bonchev–Trinajstić information content (AvgIpc) is 2.71. The van der Waals surface area contributed by atoms with Gasteiger partial charge in [0.15, 0.2) is 4.67 Å². The van der Waals surface area contributed by atoms with E-state index in [1.54, 1.807) is 6.92 Å². The van der Waals surface area contributed by atoms with Crippen LogP contribution in [0, 0.1) is 5.92 Å². The number of halogens is 1. The van der Waals surface area contributed by atoms with Crippen molar-refractivity contribution in [3.8, 4) is 0 Å². The second-order valence-corrected chi connectivity index (χ2v) is 4.60. The molecule has 0 saturated carbocycles. The lowest BCUT2D eigenvalue weighted by Gasteiger charge is -2.19. The van der Waals surface area contributed by atoms with Crippen LogP contribution in [0.4, 0.5) is 0 Å². The van der Waals surface area contributed by atoms with Gasteiger partial charge in [0.25, 0.3) is 5.91 Å². The van der Waals surface area contributed by atoms with Crippen molar-refractivity contribution in [3.05, 3.63) is 22.6 Å². The average molecular weight is 304 g/mol. The largest absolute Gasteiger partial charge is 0.480 e. The van der Waals surface area contributed by atoms with Gasteiger partial charge < -0.3 is 14.8 Å². The fourth-order valence-electron chi connectivity index (χ4n) is 1.34. The van der Waals surface area contributed by atoms with Gasteiger partial charge in [-0.15, -0.1) is 0 Å². The summed E-state index contributed by atoms with van der Waals surface area (Å²) in [6.07, 6.45) is 1.95. The van der Waals surface area contributed by atoms with Crippen molar-refractivity contribution in [2.24, 2.45) is 5.92 Å². The van der Waals surface area contributed by atoms with E-state index in [1.165, 1.54) is 12.3 Å². The van der Waals surface area contributed by atoms with E-state index in [0.29, 0.717) is 16.7 Å². The Morgan fingerprint density at radius 1 is 1.59 bits per heavy atom. The van der Waals surface area contributed by atoms with Crippen LogP contribution in [0.1, 0.15) is 30.6 Å². The number of aliphatic carboxylic acids is 1. The Kier molecular flexibility index (Phi) is 4.74. The lowest BCUT2D eigenvalue weighted by molar-refractivity contribution is -0.140. The zero-order valence-electron chi connectivity index (χ0n) is 9.57. The molecule has 0 radical (unpaired) electrons. The molecule has 0 saturated heterocycles. The maximum atomic E-state index is 11.7. The number of hydrogen-bond donors (Lipinski definition) is 2. The second kappa shape index (κ2) is 5.86. The van der Waals surface area contributed by atoms with E-state index in [2.05, 4.69) is 21.2 Å². The highest BCUT2D eigenvalue weighted by atomic mass is 79.9. The molecule has 1 heterocycles. The maximum Gasteiger partial charge on any atom is 0.326 e. The normalized spacial score (nSPS) is 14.1. The Morgan fingerprint density at radius 2 is 2.24 bits per heavy atom. The number of rotatable bonds is 5. The van der Waals surface area contributed by atoms with Gasteiger partial charge in [-0.25, -0.2) is 4.79 Å². The van der Waals surface area contributed by atoms with Crippen LogP contribution in [0.5, 0.6) is 0 Å². The standard InChI is InChI=1S/C11H14BrNO4/c1-3-6(2)9(11(15)16)13-10(14)7-4-8(12)17-5-7/h4-6,9H,3H2,1-2H3,(H,13,14)(H,15,16)/t6-,9-/m0/s1. The number of furan rings is 1. The number of nitrogens with one attached hydrogen (secondary N) is 1. The first-order chi connectivity index (χ1) is 7.95. The predicted octanol–water partition coefficient (Wildman–Crippen LogP) is 2.27. The maximum absolute atomic E-state index is 11.7. The SMILES string of the molecule is CC[C@H](C)[C@H](NC(=O)c1coc(Br)c1)C(=O)O. The van der Waals surface area contributed by atoms with Crippen molar-refractivity contribution in [2.45, 2.75) is 26.3 Å². The Bertz CT molecular complexity index is 415. The Hall–Kier alpha value is -1.30. The molecule has 0 unspecified atom stereocenters. The van der Waals surface area contributed by atoms with Gasteiger partial charge >= 0.3 is 5.97 Å². The zero-order chi connectivity index (χ0) is 13.0. The van der Waals surface area contributed by atoms with E-state index in [-0.39, 0.29) is 5.92 Å². The summed E-state index contributed by atoms with van der Waals surface area (Å²) in [7, 11) is 0. The number of carboxylic acids is 1. The van der Waals surface area contributed by atoms with Crippen molar-refractivity contribution < 1.29 is 19.1 Å². The van der Waals surface area contributed by atoms with Crippen molar-refractivity contribution in [1.29, 1.82) is 0 Å². The molecule has 0 fully saturated rings. The highest BCUT2D eigenvalue weighted by molar-refractivity contribution is 9.10.